The van der Waals surface area contributed by atoms with E-state index < -0.39 is 9.84 Å². The molecule has 1 heterocycles. The average molecular weight is 319 g/mol. The highest BCUT2D eigenvalue weighted by molar-refractivity contribution is 9.10. The molecule has 0 aliphatic carbocycles. The van der Waals surface area contributed by atoms with Gasteiger partial charge in [0.05, 0.1) is 22.9 Å². The minimum atomic E-state index is -2.87. The zero-order chi connectivity index (χ0) is 12.6. The number of halogens is 1. The second-order valence-electron chi connectivity index (χ2n) is 4.37. The lowest BCUT2D eigenvalue weighted by Gasteiger charge is -2.27. The first kappa shape index (κ1) is 12.7. The summed E-state index contributed by atoms with van der Waals surface area (Å²) in [5.74, 6) is 0.491. The molecule has 1 aliphatic rings. The van der Waals surface area contributed by atoms with Crippen LogP contribution in [0.15, 0.2) is 22.7 Å². The van der Waals surface area contributed by atoms with Crippen molar-refractivity contribution in [3.8, 4) is 0 Å². The summed E-state index contributed by atoms with van der Waals surface area (Å²) in [7, 11) is -0.973. The molecule has 2 rings (SSSR count). The van der Waals surface area contributed by atoms with Gasteiger partial charge in [-0.05, 0) is 24.6 Å². The third-order valence-electron chi connectivity index (χ3n) is 3.13. The molecule has 1 atom stereocenters. The van der Waals surface area contributed by atoms with Crippen molar-refractivity contribution in [2.45, 2.75) is 12.5 Å². The molecular formula is C11H15BrN2O2S. The molecule has 0 spiro atoms. The number of nitrogen functional groups attached to an aromatic ring is 1. The van der Waals surface area contributed by atoms with Gasteiger partial charge in [-0.3, -0.25) is 0 Å². The molecule has 1 saturated heterocycles. The highest BCUT2D eigenvalue weighted by Gasteiger charge is 2.31. The lowest BCUT2D eigenvalue weighted by atomic mass is 10.2. The Morgan fingerprint density at radius 3 is 2.76 bits per heavy atom. The van der Waals surface area contributed by atoms with Gasteiger partial charge in [0.2, 0.25) is 0 Å². The van der Waals surface area contributed by atoms with E-state index in [0.717, 1.165) is 10.2 Å². The van der Waals surface area contributed by atoms with Gasteiger partial charge in [0.25, 0.3) is 0 Å². The summed E-state index contributed by atoms with van der Waals surface area (Å²) in [6.45, 7) is 0. The second-order valence-corrected chi connectivity index (χ2v) is 7.52. The summed E-state index contributed by atoms with van der Waals surface area (Å²) >= 11 is 3.40. The molecule has 1 aromatic rings. The second kappa shape index (κ2) is 4.49. The number of hydrogen-bond acceptors (Lipinski definition) is 4. The van der Waals surface area contributed by atoms with Crippen molar-refractivity contribution in [2.75, 3.05) is 29.2 Å². The molecule has 94 valence electrons. The number of anilines is 2. The fraction of sp³-hybridized carbons (Fsp3) is 0.455. The van der Waals surface area contributed by atoms with E-state index >= 15 is 0 Å². The fourth-order valence-electron chi connectivity index (χ4n) is 2.10. The van der Waals surface area contributed by atoms with Crippen LogP contribution < -0.4 is 10.6 Å². The van der Waals surface area contributed by atoms with E-state index in [-0.39, 0.29) is 17.5 Å². The molecule has 6 heteroatoms. The Bertz CT molecular complexity index is 530. The number of nitrogens with zero attached hydrogens (tertiary/aromatic N) is 1. The van der Waals surface area contributed by atoms with E-state index in [9.17, 15) is 8.42 Å². The molecule has 4 nitrogen and oxygen atoms in total. The standard InChI is InChI=1S/C11H15BrN2O2S/c1-14(9-4-5-17(15,16)7-9)11-6-8(12)2-3-10(11)13/h2-3,6,9H,4-5,7,13H2,1H3. The zero-order valence-electron chi connectivity index (χ0n) is 9.56. The van der Waals surface area contributed by atoms with E-state index in [1.54, 1.807) is 0 Å². The Labute approximate surface area is 110 Å². The van der Waals surface area contributed by atoms with Gasteiger partial charge in [0.1, 0.15) is 0 Å². The molecule has 1 aromatic carbocycles. The van der Waals surface area contributed by atoms with Crippen molar-refractivity contribution in [3.63, 3.8) is 0 Å². The Morgan fingerprint density at radius 1 is 1.47 bits per heavy atom. The summed E-state index contributed by atoms with van der Waals surface area (Å²) in [5.41, 5.74) is 7.46. The van der Waals surface area contributed by atoms with Crippen LogP contribution in [0, 0.1) is 0 Å². The molecule has 0 aromatic heterocycles. The molecule has 1 aliphatic heterocycles. The van der Waals surface area contributed by atoms with Crippen LogP contribution in [-0.2, 0) is 9.84 Å². The highest BCUT2D eigenvalue weighted by atomic mass is 79.9. The first-order chi connectivity index (χ1) is 7.89. The van der Waals surface area contributed by atoms with Gasteiger partial charge < -0.3 is 10.6 Å². The number of rotatable bonds is 2. The quantitative estimate of drug-likeness (QED) is 0.842. The van der Waals surface area contributed by atoms with Crippen LogP contribution >= 0.6 is 15.9 Å². The lowest BCUT2D eigenvalue weighted by Crippen LogP contribution is -2.33. The Kier molecular flexibility index (Phi) is 3.36. The van der Waals surface area contributed by atoms with Crippen LogP contribution in [0.1, 0.15) is 6.42 Å². The SMILES string of the molecule is CN(c1cc(Br)ccc1N)C1CCS(=O)(=O)C1. The molecule has 0 radical (unpaired) electrons. The summed E-state index contributed by atoms with van der Waals surface area (Å²) in [4.78, 5) is 1.96. The fourth-order valence-corrected chi connectivity index (χ4v) is 4.22. The van der Waals surface area contributed by atoms with Crippen LogP contribution in [0.4, 0.5) is 11.4 Å². The third-order valence-corrected chi connectivity index (χ3v) is 5.37. The first-order valence-electron chi connectivity index (χ1n) is 5.37. The summed E-state index contributed by atoms with van der Waals surface area (Å²) in [5, 5.41) is 0. The molecule has 0 saturated carbocycles. The summed E-state index contributed by atoms with van der Waals surface area (Å²) in [6, 6.07) is 5.63. The van der Waals surface area contributed by atoms with Crippen LogP contribution in [0.2, 0.25) is 0 Å². The minimum absolute atomic E-state index is 0.0246. The van der Waals surface area contributed by atoms with E-state index in [4.69, 9.17) is 5.73 Å². The van der Waals surface area contributed by atoms with Crippen molar-refractivity contribution in [3.05, 3.63) is 22.7 Å². The van der Waals surface area contributed by atoms with E-state index in [1.165, 1.54) is 0 Å². The van der Waals surface area contributed by atoms with Gasteiger partial charge in [-0.15, -0.1) is 0 Å². The maximum atomic E-state index is 11.5. The van der Waals surface area contributed by atoms with Crippen molar-refractivity contribution in [2.24, 2.45) is 0 Å². The third kappa shape index (κ3) is 2.74. The smallest absolute Gasteiger partial charge is 0.152 e. The summed E-state index contributed by atoms with van der Waals surface area (Å²) in [6.07, 6.45) is 0.671. The van der Waals surface area contributed by atoms with Crippen LogP contribution in [-0.4, -0.2) is 33.0 Å². The van der Waals surface area contributed by atoms with Gasteiger partial charge in [-0.1, -0.05) is 15.9 Å². The number of sulfone groups is 1. The van der Waals surface area contributed by atoms with E-state index in [0.29, 0.717) is 12.1 Å². The number of nitrogens with two attached hydrogens (primary N) is 1. The highest BCUT2D eigenvalue weighted by Crippen LogP contribution is 2.30. The number of hydrogen-bond donors (Lipinski definition) is 1. The molecule has 0 amide bonds. The Hall–Kier alpha value is -0.750. The average Bonchev–Trinajstić information content (AvgIpc) is 2.61. The first-order valence-corrected chi connectivity index (χ1v) is 7.99. The molecular weight excluding hydrogens is 304 g/mol. The van der Waals surface area contributed by atoms with Gasteiger partial charge in [-0.2, -0.15) is 0 Å². The van der Waals surface area contributed by atoms with Crippen molar-refractivity contribution in [1.82, 2.24) is 0 Å². The van der Waals surface area contributed by atoms with Crippen molar-refractivity contribution >= 4 is 37.1 Å². The topological polar surface area (TPSA) is 63.4 Å². The zero-order valence-corrected chi connectivity index (χ0v) is 12.0. The number of benzene rings is 1. The van der Waals surface area contributed by atoms with E-state index in [1.807, 2.05) is 30.1 Å². The molecule has 2 N–H and O–H groups in total. The predicted octanol–water partition coefficient (Wildman–Crippen LogP) is 1.65. The lowest BCUT2D eigenvalue weighted by molar-refractivity contribution is 0.601. The predicted molar refractivity (Wildman–Crippen MR) is 74.0 cm³/mol. The van der Waals surface area contributed by atoms with Gasteiger partial charge in [0, 0.05) is 17.6 Å². The maximum Gasteiger partial charge on any atom is 0.152 e. The normalized spacial score (nSPS) is 22.6. The monoisotopic (exact) mass is 318 g/mol. The maximum absolute atomic E-state index is 11.5. The molecule has 1 unspecified atom stereocenters. The van der Waals surface area contributed by atoms with Crippen LogP contribution in [0.5, 0.6) is 0 Å². The van der Waals surface area contributed by atoms with Gasteiger partial charge in [-0.25, -0.2) is 8.42 Å². The van der Waals surface area contributed by atoms with Crippen LogP contribution in [0.25, 0.3) is 0 Å². The van der Waals surface area contributed by atoms with Crippen LogP contribution in [0.3, 0.4) is 0 Å². The van der Waals surface area contributed by atoms with Gasteiger partial charge in [0.15, 0.2) is 9.84 Å². The molecule has 1 fully saturated rings. The largest absolute Gasteiger partial charge is 0.397 e. The van der Waals surface area contributed by atoms with Crippen molar-refractivity contribution < 1.29 is 8.42 Å². The van der Waals surface area contributed by atoms with E-state index in [2.05, 4.69) is 15.9 Å². The Morgan fingerprint density at radius 2 is 2.18 bits per heavy atom. The van der Waals surface area contributed by atoms with Gasteiger partial charge >= 0.3 is 0 Å². The Balaban J connectivity index is 2.26. The molecule has 0 bridgehead atoms. The minimum Gasteiger partial charge on any atom is -0.397 e. The summed E-state index contributed by atoms with van der Waals surface area (Å²) < 4.78 is 23.9. The molecule has 17 heavy (non-hydrogen) atoms. The van der Waals surface area contributed by atoms with Crippen molar-refractivity contribution in [1.29, 1.82) is 0 Å².